The van der Waals surface area contributed by atoms with Gasteiger partial charge in [0.15, 0.2) is 16.8 Å². The molecule has 0 bridgehead atoms. The molecule has 2 aliphatic rings. The van der Waals surface area contributed by atoms with Crippen molar-refractivity contribution in [3.63, 3.8) is 0 Å². The smallest absolute Gasteiger partial charge is 0.273 e. The second-order valence-electron chi connectivity index (χ2n) is 8.70. The largest absolute Gasteiger partial charge is 0.297 e. The van der Waals surface area contributed by atoms with Gasteiger partial charge in [-0.2, -0.15) is 0 Å². The number of fused-ring (bicyclic) bond motifs is 1. The maximum absolute atomic E-state index is 14.9. The van der Waals surface area contributed by atoms with Gasteiger partial charge in [-0.25, -0.2) is 9.38 Å². The Morgan fingerprint density at radius 2 is 1.83 bits per heavy atom. The van der Waals surface area contributed by atoms with Crippen LogP contribution in [0.25, 0.3) is 16.2 Å². The number of nitrogens with zero attached hydrogens (tertiary/aromatic N) is 3. The summed E-state index contributed by atoms with van der Waals surface area (Å²) in [7, 11) is 0. The molecule has 29 heavy (non-hydrogen) atoms. The third-order valence-corrected chi connectivity index (χ3v) is 6.01. The van der Waals surface area contributed by atoms with Gasteiger partial charge in [0.1, 0.15) is 11.9 Å². The second-order valence-corrected chi connectivity index (χ2v) is 9.07. The first-order valence-corrected chi connectivity index (χ1v) is 10.4. The van der Waals surface area contributed by atoms with Gasteiger partial charge in [-0.1, -0.05) is 12.1 Å². The highest BCUT2D eigenvalue weighted by atomic mass is 35.5. The normalized spacial score (nSPS) is 17.6. The fourth-order valence-corrected chi connectivity index (χ4v) is 4.15. The van der Waals surface area contributed by atoms with E-state index in [2.05, 4.69) is 41.6 Å². The Hall–Kier alpha value is -2.10. The molecule has 4 rings (SSSR count). The van der Waals surface area contributed by atoms with Crippen LogP contribution in [0.3, 0.4) is 0 Å². The highest BCUT2D eigenvalue weighted by Gasteiger charge is 2.25. The standard InChI is InChI=1S/C24H26ClFN3/c1-24(2,3)29-12-10-28(11-13-29)16-17-4-6-19(22(26)14-17)18-5-7-23-20(15-18)21(25)8-9-27-23/h4-7,9,14-15H,10-13,16H2,1-3H3/q+1. The fraction of sp³-hybridized carbons (Fsp3) is 0.375. The van der Waals surface area contributed by atoms with Crippen molar-refractivity contribution in [1.82, 2.24) is 9.80 Å². The van der Waals surface area contributed by atoms with Gasteiger partial charge in [0.2, 0.25) is 0 Å². The van der Waals surface area contributed by atoms with Crippen molar-refractivity contribution in [2.75, 3.05) is 26.2 Å². The third-order valence-electron chi connectivity index (χ3n) is 5.70. The Kier molecular flexibility index (Phi) is 5.54. The Bertz CT molecular complexity index is 1060. The second kappa shape index (κ2) is 7.97. The van der Waals surface area contributed by atoms with Crippen LogP contribution in [0.1, 0.15) is 26.3 Å². The quantitative estimate of drug-likeness (QED) is 0.718. The molecule has 3 nitrogen and oxygen atoms in total. The van der Waals surface area contributed by atoms with E-state index in [1.165, 1.54) is 0 Å². The summed E-state index contributed by atoms with van der Waals surface area (Å²) in [4.78, 5) is 9.16. The van der Waals surface area contributed by atoms with Crippen LogP contribution >= 0.6 is 11.6 Å². The first kappa shape index (κ1) is 20.2. The van der Waals surface area contributed by atoms with Gasteiger partial charge in [0, 0.05) is 55.5 Å². The average Bonchev–Trinajstić information content (AvgIpc) is 2.68. The molecule has 0 atom stereocenters. The maximum Gasteiger partial charge on any atom is 0.273 e. The molecule has 2 aromatic rings. The minimum atomic E-state index is -0.209. The van der Waals surface area contributed by atoms with Crippen molar-refractivity contribution >= 4 is 16.6 Å². The highest BCUT2D eigenvalue weighted by Crippen LogP contribution is 2.24. The van der Waals surface area contributed by atoms with Crippen molar-refractivity contribution in [2.45, 2.75) is 32.9 Å². The molecule has 0 amide bonds. The van der Waals surface area contributed by atoms with Crippen LogP contribution in [0.5, 0.6) is 0 Å². The molecule has 2 aliphatic heterocycles. The van der Waals surface area contributed by atoms with Crippen LogP contribution in [0.15, 0.2) is 47.6 Å². The van der Waals surface area contributed by atoms with E-state index in [-0.39, 0.29) is 11.4 Å². The predicted octanol–water partition coefficient (Wildman–Crippen LogP) is 3.71. The molecule has 0 spiro atoms. The highest BCUT2D eigenvalue weighted by molar-refractivity contribution is 6.46. The molecule has 2 heterocycles. The van der Waals surface area contributed by atoms with E-state index in [4.69, 9.17) is 11.6 Å². The first-order valence-electron chi connectivity index (χ1n) is 10.0. The van der Waals surface area contributed by atoms with Crippen molar-refractivity contribution in [1.29, 1.82) is 0 Å². The summed E-state index contributed by atoms with van der Waals surface area (Å²) in [6.45, 7) is 11.7. The summed E-state index contributed by atoms with van der Waals surface area (Å²) in [6, 6.07) is 11.2. The van der Waals surface area contributed by atoms with Gasteiger partial charge < -0.3 is 0 Å². The van der Waals surface area contributed by atoms with Gasteiger partial charge in [-0.3, -0.25) is 9.80 Å². The lowest BCUT2D eigenvalue weighted by Gasteiger charge is -2.42. The number of hydrogen-bond acceptors (Lipinski definition) is 3. The lowest BCUT2D eigenvalue weighted by molar-refractivity contribution is 0.0591. The van der Waals surface area contributed by atoms with E-state index in [0.29, 0.717) is 10.6 Å². The summed E-state index contributed by atoms with van der Waals surface area (Å²) >= 11 is 6.23. The number of hydrogen-bond donors (Lipinski definition) is 0. The number of allylic oxidation sites excluding steroid dienone is 1. The Balaban J connectivity index is 1.50. The number of piperazine rings is 1. The van der Waals surface area contributed by atoms with E-state index in [1.54, 1.807) is 12.3 Å². The summed E-state index contributed by atoms with van der Waals surface area (Å²) in [5.41, 5.74) is 2.58. The van der Waals surface area contributed by atoms with Gasteiger partial charge >= 0.3 is 0 Å². The summed E-state index contributed by atoms with van der Waals surface area (Å²) < 4.78 is 14.9. The van der Waals surface area contributed by atoms with Crippen LogP contribution in [-0.4, -0.2) is 41.5 Å². The fourth-order valence-electron chi connectivity index (χ4n) is 3.95. The van der Waals surface area contributed by atoms with Gasteiger partial charge in [0.25, 0.3) is 5.03 Å². The summed E-state index contributed by atoms with van der Waals surface area (Å²) in [5.74, 6) is -0.209. The average molecular weight is 411 g/mol. The molecule has 0 saturated carbocycles. The van der Waals surface area contributed by atoms with E-state index in [1.807, 2.05) is 30.3 Å². The first-order chi connectivity index (χ1) is 13.8. The summed E-state index contributed by atoms with van der Waals surface area (Å²) in [6.07, 6.45) is 4.44. The lowest BCUT2D eigenvalue weighted by Crippen LogP contribution is -2.53. The van der Waals surface area contributed by atoms with Crippen molar-refractivity contribution < 1.29 is 4.39 Å². The van der Waals surface area contributed by atoms with E-state index in [9.17, 15) is 4.39 Å². The Morgan fingerprint density at radius 1 is 1.07 bits per heavy atom. The zero-order valence-electron chi connectivity index (χ0n) is 17.2. The van der Waals surface area contributed by atoms with Crippen LogP contribution in [0.4, 0.5) is 4.39 Å². The molecule has 0 aliphatic carbocycles. The van der Waals surface area contributed by atoms with Crippen LogP contribution in [0, 0.1) is 11.9 Å². The van der Waals surface area contributed by atoms with Gasteiger partial charge in [-0.15, -0.1) is 0 Å². The molecule has 0 N–H and O–H groups in total. The Labute approximate surface area is 176 Å². The SMILES string of the molecule is CC(C)(C)N1CCN(Cc2ccc(-c3ccc4c(c3)=C(Cl)[C+]=CN=4)c(F)c2)CC1. The molecule has 0 radical (unpaired) electrons. The van der Waals surface area contributed by atoms with Crippen LogP contribution in [-0.2, 0) is 6.54 Å². The van der Waals surface area contributed by atoms with Crippen molar-refractivity contribution in [3.05, 3.63) is 70.6 Å². The topological polar surface area (TPSA) is 18.8 Å². The monoisotopic (exact) mass is 410 g/mol. The molecule has 5 heteroatoms. The zero-order valence-corrected chi connectivity index (χ0v) is 17.9. The van der Waals surface area contributed by atoms with Gasteiger partial charge in [-0.05, 0) is 56.1 Å². The molecule has 1 saturated heterocycles. The minimum absolute atomic E-state index is 0.204. The maximum atomic E-state index is 14.9. The molecule has 2 aromatic carbocycles. The molecule has 150 valence electrons. The number of halogens is 2. The summed E-state index contributed by atoms with van der Waals surface area (Å²) in [5, 5.41) is 2.07. The van der Waals surface area contributed by atoms with E-state index < -0.39 is 0 Å². The minimum Gasteiger partial charge on any atom is -0.297 e. The molecule has 0 unspecified atom stereocenters. The predicted molar refractivity (Wildman–Crippen MR) is 116 cm³/mol. The molecule has 0 aromatic heterocycles. The van der Waals surface area contributed by atoms with Crippen LogP contribution in [0.2, 0.25) is 0 Å². The van der Waals surface area contributed by atoms with Crippen molar-refractivity contribution in [2.24, 2.45) is 4.99 Å². The Morgan fingerprint density at radius 3 is 2.52 bits per heavy atom. The molecular weight excluding hydrogens is 385 g/mol. The van der Waals surface area contributed by atoms with E-state index >= 15 is 0 Å². The molecule has 1 fully saturated rings. The number of rotatable bonds is 3. The van der Waals surface area contributed by atoms with Crippen molar-refractivity contribution in [3.8, 4) is 11.1 Å². The molecular formula is C24H26ClFN3+. The van der Waals surface area contributed by atoms with Crippen LogP contribution < -0.4 is 10.6 Å². The van der Waals surface area contributed by atoms with E-state index in [0.717, 1.165) is 54.4 Å². The lowest BCUT2D eigenvalue weighted by atomic mass is 10.0. The van der Waals surface area contributed by atoms with Gasteiger partial charge in [0.05, 0.1) is 0 Å². The third kappa shape index (κ3) is 4.41. The zero-order chi connectivity index (χ0) is 20.6. The number of benzene rings is 2.